The molecule has 4 nitrogen and oxygen atoms in total. The number of rotatable bonds is 4. The molecule has 0 radical (unpaired) electrons. The summed E-state index contributed by atoms with van der Waals surface area (Å²) in [5.74, 6) is -0.486. The number of nitro benzene ring substituents is 1. The second kappa shape index (κ2) is 3.83. The van der Waals surface area contributed by atoms with E-state index < -0.39 is 10.7 Å². The fourth-order valence-electron chi connectivity index (χ4n) is 2.13. The summed E-state index contributed by atoms with van der Waals surface area (Å²) in [5, 5.41) is 10.5. The molecule has 0 heterocycles. The van der Waals surface area contributed by atoms with Crippen LogP contribution in [0.25, 0.3) is 0 Å². The maximum Gasteiger partial charge on any atom is 0.272 e. The predicted molar refractivity (Wildman–Crippen MR) is 57.6 cm³/mol. The molecule has 0 atom stereocenters. The summed E-state index contributed by atoms with van der Waals surface area (Å²) in [4.78, 5) is 9.89. The van der Waals surface area contributed by atoms with Crippen LogP contribution in [-0.4, -0.2) is 11.5 Å². The number of nitrogens with zero attached hydrogens (tertiary/aromatic N) is 1. The molecule has 0 aromatic heterocycles. The van der Waals surface area contributed by atoms with Crippen molar-refractivity contribution >= 4 is 5.69 Å². The fourth-order valence-corrected chi connectivity index (χ4v) is 2.13. The van der Waals surface area contributed by atoms with Gasteiger partial charge in [0.25, 0.3) is 5.69 Å². The predicted octanol–water partition coefficient (Wildman–Crippen LogP) is 2.11. The van der Waals surface area contributed by atoms with E-state index in [0.29, 0.717) is 12.1 Å². The Hall–Kier alpha value is -1.49. The van der Waals surface area contributed by atoms with E-state index in [0.717, 1.165) is 25.3 Å². The van der Waals surface area contributed by atoms with Crippen LogP contribution in [0.15, 0.2) is 18.2 Å². The SMILES string of the molecule is NCCC1(c2ccc([N+](=O)[O-])cc2F)CC1. The Labute approximate surface area is 92.4 Å². The molecule has 0 spiro atoms. The van der Waals surface area contributed by atoms with Gasteiger partial charge >= 0.3 is 0 Å². The molecule has 1 aliphatic carbocycles. The number of nitrogens with two attached hydrogens (primary N) is 1. The zero-order valence-electron chi connectivity index (χ0n) is 8.78. The fraction of sp³-hybridized carbons (Fsp3) is 0.455. The van der Waals surface area contributed by atoms with Crippen LogP contribution in [0.1, 0.15) is 24.8 Å². The van der Waals surface area contributed by atoms with E-state index in [1.165, 1.54) is 12.1 Å². The number of nitro groups is 1. The molecule has 1 aromatic rings. The second-order valence-electron chi connectivity index (χ2n) is 4.24. The Morgan fingerprint density at radius 3 is 2.62 bits per heavy atom. The number of benzene rings is 1. The van der Waals surface area contributed by atoms with Crippen LogP contribution in [0.3, 0.4) is 0 Å². The maximum atomic E-state index is 13.7. The summed E-state index contributed by atoms with van der Waals surface area (Å²) in [6.45, 7) is 0.510. The highest BCUT2D eigenvalue weighted by atomic mass is 19.1. The van der Waals surface area contributed by atoms with E-state index in [4.69, 9.17) is 5.73 Å². The molecule has 1 saturated carbocycles. The van der Waals surface area contributed by atoms with Crippen LogP contribution in [0.4, 0.5) is 10.1 Å². The first kappa shape index (κ1) is 11.0. The van der Waals surface area contributed by atoms with E-state index in [1.54, 1.807) is 0 Å². The van der Waals surface area contributed by atoms with Crippen molar-refractivity contribution < 1.29 is 9.31 Å². The van der Waals surface area contributed by atoms with E-state index in [2.05, 4.69) is 0 Å². The Morgan fingerprint density at radius 2 is 2.19 bits per heavy atom. The van der Waals surface area contributed by atoms with Crippen LogP contribution < -0.4 is 5.73 Å². The Morgan fingerprint density at radius 1 is 1.50 bits per heavy atom. The summed E-state index contributed by atoms with van der Waals surface area (Å²) < 4.78 is 13.7. The standard InChI is InChI=1S/C11H13FN2O2/c12-10-7-8(14(15)16)1-2-9(10)11(3-4-11)5-6-13/h1-2,7H,3-6,13H2. The van der Waals surface area contributed by atoms with Crippen molar-refractivity contribution in [3.8, 4) is 0 Å². The molecule has 86 valence electrons. The Bertz CT molecular complexity index is 430. The number of hydrogen-bond donors (Lipinski definition) is 1. The summed E-state index contributed by atoms with van der Waals surface area (Å²) in [6.07, 6.45) is 2.57. The first-order valence-electron chi connectivity index (χ1n) is 5.23. The number of halogens is 1. The lowest BCUT2D eigenvalue weighted by Gasteiger charge is -2.14. The van der Waals surface area contributed by atoms with E-state index >= 15 is 0 Å². The van der Waals surface area contributed by atoms with Gasteiger partial charge in [-0.15, -0.1) is 0 Å². The molecule has 1 fully saturated rings. The Kier molecular flexibility index (Phi) is 2.63. The molecule has 5 heteroatoms. The lowest BCUT2D eigenvalue weighted by molar-refractivity contribution is -0.385. The monoisotopic (exact) mass is 224 g/mol. The van der Waals surface area contributed by atoms with Crippen LogP contribution in [-0.2, 0) is 5.41 Å². The van der Waals surface area contributed by atoms with Crippen molar-refractivity contribution in [3.05, 3.63) is 39.7 Å². The first-order chi connectivity index (χ1) is 7.59. The molecule has 0 aliphatic heterocycles. The minimum Gasteiger partial charge on any atom is -0.330 e. The molecule has 0 unspecified atom stereocenters. The Balaban J connectivity index is 2.33. The summed E-state index contributed by atoms with van der Waals surface area (Å²) in [7, 11) is 0. The number of non-ortho nitro benzene ring substituents is 1. The molecular formula is C11H13FN2O2. The summed E-state index contributed by atoms with van der Waals surface area (Å²) >= 11 is 0. The van der Waals surface area contributed by atoms with Gasteiger partial charge in [0, 0.05) is 6.07 Å². The van der Waals surface area contributed by atoms with Gasteiger partial charge in [0.2, 0.25) is 0 Å². The zero-order valence-corrected chi connectivity index (χ0v) is 8.78. The molecule has 0 saturated heterocycles. The van der Waals surface area contributed by atoms with Gasteiger partial charge < -0.3 is 5.73 Å². The minimum absolute atomic E-state index is 0.159. The summed E-state index contributed by atoms with van der Waals surface area (Å²) in [5.41, 5.74) is 5.70. The average molecular weight is 224 g/mol. The topological polar surface area (TPSA) is 69.2 Å². The first-order valence-corrected chi connectivity index (χ1v) is 5.23. The van der Waals surface area contributed by atoms with Gasteiger partial charge in [-0.1, -0.05) is 0 Å². The van der Waals surface area contributed by atoms with Crippen molar-refractivity contribution in [3.63, 3.8) is 0 Å². The lowest BCUT2D eigenvalue weighted by Crippen LogP contribution is -2.15. The normalized spacial score (nSPS) is 17.1. The second-order valence-corrected chi connectivity index (χ2v) is 4.24. The van der Waals surface area contributed by atoms with Gasteiger partial charge in [0.05, 0.1) is 11.0 Å². The van der Waals surface area contributed by atoms with Crippen LogP contribution >= 0.6 is 0 Å². The van der Waals surface area contributed by atoms with Crippen molar-refractivity contribution in [2.24, 2.45) is 5.73 Å². The molecule has 1 aliphatic rings. The minimum atomic E-state index is -0.588. The smallest absolute Gasteiger partial charge is 0.272 e. The largest absolute Gasteiger partial charge is 0.330 e. The third kappa shape index (κ3) is 1.78. The van der Waals surface area contributed by atoms with Crippen molar-refractivity contribution in [2.75, 3.05) is 6.54 Å². The third-order valence-corrected chi connectivity index (χ3v) is 3.21. The molecule has 0 bridgehead atoms. The number of hydrogen-bond acceptors (Lipinski definition) is 3. The quantitative estimate of drug-likeness (QED) is 0.629. The van der Waals surface area contributed by atoms with E-state index in [-0.39, 0.29) is 11.1 Å². The van der Waals surface area contributed by atoms with Gasteiger partial charge in [-0.2, -0.15) is 0 Å². The van der Waals surface area contributed by atoms with E-state index in [9.17, 15) is 14.5 Å². The van der Waals surface area contributed by atoms with Gasteiger partial charge in [-0.05, 0) is 42.9 Å². The van der Waals surface area contributed by atoms with Crippen LogP contribution in [0.5, 0.6) is 0 Å². The van der Waals surface area contributed by atoms with Crippen molar-refractivity contribution in [2.45, 2.75) is 24.7 Å². The molecule has 2 N–H and O–H groups in total. The van der Waals surface area contributed by atoms with Gasteiger partial charge in [0.15, 0.2) is 0 Å². The molecule has 16 heavy (non-hydrogen) atoms. The van der Waals surface area contributed by atoms with Crippen LogP contribution in [0.2, 0.25) is 0 Å². The highest BCUT2D eigenvalue weighted by molar-refractivity contribution is 5.40. The zero-order chi connectivity index (χ0) is 11.8. The van der Waals surface area contributed by atoms with Crippen LogP contribution in [0, 0.1) is 15.9 Å². The van der Waals surface area contributed by atoms with Crippen molar-refractivity contribution in [1.82, 2.24) is 0 Å². The van der Waals surface area contributed by atoms with Gasteiger partial charge in [-0.25, -0.2) is 4.39 Å². The summed E-state index contributed by atoms with van der Waals surface area (Å²) in [6, 6.07) is 3.87. The van der Waals surface area contributed by atoms with Gasteiger partial charge in [0.1, 0.15) is 5.82 Å². The third-order valence-electron chi connectivity index (χ3n) is 3.21. The van der Waals surface area contributed by atoms with Gasteiger partial charge in [-0.3, -0.25) is 10.1 Å². The van der Waals surface area contributed by atoms with Crippen molar-refractivity contribution in [1.29, 1.82) is 0 Å². The van der Waals surface area contributed by atoms with E-state index in [1.807, 2.05) is 0 Å². The highest BCUT2D eigenvalue weighted by Gasteiger charge is 2.45. The maximum absolute atomic E-state index is 13.7. The lowest BCUT2D eigenvalue weighted by atomic mass is 9.92. The average Bonchev–Trinajstić information content (AvgIpc) is 2.99. The molecule has 2 rings (SSSR count). The molecular weight excluding hydrogens is 211 g/mol. The highest BCUT2D eigenvalue weighted by Crippen LogP contribution is 2.51. The molecule has 1 aromatic carbocycles. The molecule has 0 amide bonds.